The van der Waals surface area contributed by atoms with Crippen LogP contribution in [-0.2, 0) is 11.3 Å². The highest BCUT2D eigenvalue weighted by molar-refractivity contribution is 8.15. The quantitative estimate of drug-likeness (QED) is 0.524. The molecule has 1 saturated heterocycles. The lowest BCUT2D eigenvalue weighted by Crippen LogP contribution is -2.31. The second-order valence-electron chi connectivity index (χ2n) is 6.16. The minimum Gasteiger partial charge on any atom is -0.497 e. The van der Waals surface area contributed by atoms with Gasteiger partial charge >= 0.3 is 0 Å². The van der Waals surface area contributed by atoms with Gasteiger partial charge in [-0.25, -0.2) is 0 Å². The molecule has 0 spiro atoms. The number of methoxy groups -OCH3 is 2. The Kier molecular flexibility index (Phi) is 6.71. The van der Waals surface area contributed by atoms with E-state index in [9.17, 15) is 4.79 Å². The molecular formula is C21H23N3O3S. The number of amidine groups is 1. The second kappa shape index (κ2) is 9.41. The highest BCUT2D eigenvalue weighted by Crippen LogP contribution is 2.31. The van der Waals surface area contributed by atoms with Crippen molar-refractivity contribution < 1.29 is 14.3 Å². The Labute approximate surface area is 169 Å². The van der Waals surface area contributed by atoms with Crippen LogP contribution in [0.1, 0.15) is 24.5 Å². The van der Waals surface area contributed by atoms with E-state index >= 15 is 0 Å². The van der Waals surface area contributed by atoms with Crippen LogP contribution in [0.2, 0.25) is 0 Å². The SMILES string of the molecule is CC[C@@H]1S/C(=N\N=C/c2ccccc2OC)N(Cc2ccc(OC)cc2)C1=O. The predicted octanol–water partition coefficient (Wildman–Crippen LogP) is 3.95. The van der Waals surface area contributed by atoms with Gasteiger partial charge in [-0.2, -0.15) is 5.10 Å². The molecule has 0 radical (unpaired) electrons. The van der Waals surface area contributed by atoms with E-state index in [4.69, 9.17) is 9.47 Å². The van der Waals surface area contributed by atoms with Crippen LogP contribution in [0.25, 0.3) is 0 Å². The zero-order valence-electron chi connectivity index (χ0n) is 16.2. The van der Waals surface area contributed by atoms with Crippen molar-refractivity contribution in [2.45, 2.75) is 25.1 Å². The first-order valence-corrected chi connectivity index (χ1v) is 9.89. The van der Waals surface area contributed by atoms with Crippen LogP contribution in [0.4, 0.5) is 0 Å². The Balaban J connectivity index is 1.80. The molecule has 28 heavy (non-hydrogen) atoms. The fourth-order valence-corrected chi connectivity index (χ4v) is 3.84. The van der Waals surface area contributed by atoms with Crippen molar-refractivity contribution in [2.75, 3.05) is 14.2 Å². The second-order valence-corrected chi connectivity index (χ2v) is 7.33. The monoisotopic (exact) mass is 397 g/mol. The summed E-state index contributed by atoms with van der Waals surface area (Å²) in [5, 5.41) is 9.01. The molecule has 1 aliphatic rings. The van der Waals surface area contributed by atoms with E-state index in [1.807, 2.05) is 55.5 Å². The first kappa shape index (κ1) is 19.9. The lowest BCUT2D eigenvalue weighted by atomic mass is 10.2. The van der Waals surface area contributed by atoms with Crippen LogP contribution in [-0.4, -0.2) is 41.7 Å². The molecule has 3 rings (SSSR count). The van der Waals surface area contributed by atoms with Crippen LogP contribution in [0.3, 0.4) is 0 Å². The van der Waals surface area contributed by atoms with E-state index in [1.54, 1.807) is 25.3 Å². The molecule has 2 aromatic carbocycles. The van der Waals surface area contributed by atoms with E-state index < -0.39 is 0 Å². The van der Waals surface area contributed by atoms with Gasteiger partial charge in [0.25, 0.3) is 0 Å². The van der Waals surface area contributed by atoms with Crippen molar-refractivity contribution in [1.29, 1.82) is 0 Å². The van der Waals surface area contributed by atoms with Crippen molar-refractivity contribution in [2.24, 2.45) is 10.2 Å². The number of benzene rings is 2. The molecule has 1 heterocycles. The number of carbonyl (C=O) groups is 1. The van der Waals surface area contributed by atoms with Gasteiger partial charge < -0.3 is 9.47 Å². The summed E-state index contributed by atoms with van der Waals surface area (Å²) < 4.78 is 10.5. The Hall–Kier alpha value is -2.80. The minimum absolute atomic E-state index is 0.0644. The number of rotatable bonds is 7. The van der Waals surface area contributed by atoms with Crippen molar-refractivity contribution in [1.82, 2.24) is 4.90 Å². The number of nitrogens with zero attached hydrogens (tertiary/aromatic N) is 3. The third-order valence-electron chi connectivity index (χ3n) is 4.37. The number of hydrogen-bond donors (Lipinski definition) is 0. The number of para-hydroxylation sites is 1. The van der Waals surface area contributed by atoms with Gasteiger partial charge in [0, 0.05) is 5.56 Å². The van der Waals surface area contributed by atoms with Crippen molar-refractivity contribution in [3.05, 3.63) is 59.7 Å². The van der Waals surface area contributed by atoms with Crippen molar-refractivity contribution in [3.63, 3.8) is 0 Å². The Bertz CT molecular complexity index is 881. The highest BCUT2D eigenvalue weighted by Gasteiger charge is 2.36. The molecule has 7 heteroatoms. The Morgan fingerprint density at radius 2 is 1.86 bits per heavy atom. The third-order valence-corrected chi connectivity index (χ3v) is 5.70. The summed E-state index contributed by atoms with van der Waals surface area (Å²) >= 11 is 1.46. The normalized spacial score (nSPS) is 18.2. The molecule has 1 fully saturated rings. The summed E-state index contributed by atoms with van der Waals surface area (Å²) in [6, 6.07) is 15.3. The fourth-order valence-electron chi connectivity index (χ4n) is 2.82. The highest BCUT2D eigenvalue weighted by atomic mass is 32.2. The molecule has 6 nitrogen and oxygen atoms in total. The van der Waals surface area contributed by atoms with Gasteiger partial charge in [-0.15, -0.1) is 5.10 Å². The summed E-state index contributed by atoms with van der Waals surface area (Å²) in [6.45, 7) is 2.46. The lowest BCUT2D eigenvalue weighted by molar-refractivity contribution is -0.126. The molecule has 0 bridgehead atoms. The molecule has 1 aliphatic heterocycles. The van der Waals surface area contributed by atoms with E-state index in [0.717, 1.165) is 29.0 Å². The van der Waals surface area contributed by atoms with Crippen molar-refractivity contribution in [3.8, 4) is 11.5 Å². The minimum atomic E-state index is -0.126. The van der Waals surface area contributed by atoms with Gasteiger partial charge in [-0.1, -0.05) is 43.0 Å². The molecule has 1 amide bonds. The van der Waals surface area contributed by atoms with Gasteiger partial charge in [-0.3, -0.25) is 9.69 Å². The number of hydrogen-bond acceptors (Lipinski definition) is 6. The maximum Gasteiger partial charge on any atom is 0.242 e. The zero-order chi connectivity index (χ0) is 19.9. The largest absolute Gasteiger partial charge is 0.497 e. The van der Waals surface area contributed by atoms with Crippen molar-refractivity contribution >= 4 is 29.1 Å². The van der Waals surface area contributed by atoms with Crippen LogP contribution < -0.4 is 9.47 Å². The number of thioether (sulfide) groups is 1. The fraction of sp³-hybridized carbons (Fsp3) is 0.286. The summed E-state index contributed by atoms with van der Waals surface area (Å²) in [5.41, 5.74) is 1.84. The molecule has 2 aromatic rings. The van der Waals surface area contributed by atoms with Gasteiger partial charge in [0.15, 0.2) is 5.17 Å². The average molecular weight is 398 g/mol. The molecule has 0 unspecified atom stereocenters. The molecule has 0 aliphatic carbocycles. The number of ether oxygens (including phenoxy) is 2. The molecular weight excluding hydrogens is 374 g/mol. The standard InChI is InChI=1S/C21H23N3O3S/c1-4-19-20(25)24(14-15-9-11-17(26-2)12-10-15)21(28-19)23-22-13-16-7-5-6-8-18(16)27-3/h5-13,19H,4,14H2,1-3H3/b22-13-,23-21-/t19-/m0/s1. The van der Waals surface area contributed by atoms with E-state index in [1.165, 1.54) is 11.8 Å². The maximum absolute atomic E-state index is 12.7. The molecule has 0 saturated carbocycles. The summed E-state index contributed by atoms with van der Waals surface area (Å²) in [4.78, 5) is 14.4. The smallest absolute Gasteiger partial charge is 0.242 e. The van der Waals surface area contributed by atoms with Crippen LogP contribution >= 0.6 is 11.8 Å². The number of amides is 1. The molecule has 146 valence electrons. The third kappa shape index (κ3) is 4.54. The van der Waals surface area contributed by atoms with Gasteiger partial charge in [0.1, 0.15) is 11.5 Å². The molecule has 0 aromatic heterocycles. The Morgan fingerprint density at radius 1 is 1.11 bits per heavy atom. The Morgan fingerprint density at radius 3 is 2.54 bits per heavy atom. The zero-order valence-corrected chi connectivity index (χ0v) is 17.0. The summed E-state index contributed by atoms with van der Waals surface area (Å²) in [7, 11) is 3.25. The van der Waals surface area contributed by atoms with E-state index in [2.05, 4.69) is 10.2 Å². The molecule has 1 atom stereocenters. The van der Waals surface area contributed by atoms with Gasteiger partial charge in [0.2, 0.25) is 5.91 Å². The predicted molar refractivity (Wildman–Crippen MR) is 113 cm³/mol. The maximum atomic E-state index is 12.7. The lowest BCUT2D eigenvalue weighted by Gasteiger charge is -2.16. The van der Waals surface area contributed by atoms with Crippen LogP contribution in [0, 0.1) is 0 Å². The first-order valence-electron chi connectivity index (χ1n) is 9.01. The summed E-state index contributed by atoms with van der Waals surface area (Å²) in [5.74, 6) is 1.57. The van der Waals surface area contributed by atoms with Crippen LogP contribution in [0.15, 0.2) is 58.7 Å². The molecule has 0 N–H and O–H groups in total. The number of carbonyl (C=O) groups excluding carboxylic acids is 1. The van der Waals surface area contributed by atoms with Crippen LogP contribution in [0.5, 0.6) is 11.5 Å². The first-order chi connectivity index (χ1) is 13.7. The average Bonchev–Trinajstić information content (AvgIpc) is 3.03. The van der Waals surface area contributed by atoms with Gasteiger partial charge in [-0.05, 0) is 36.2 Å². The van der Waals surface area contributed by atoms with Gasteiger partial charge in [0.05, 0.1) is 32.2 Å². The van der Waals surface area contributed by atoms with E-state index in [0.29, 0.717) is 11.7 Å². The topological polar surface area (TPSA) is 63.5 Å². The van der Waals surface area contributed by atoms with E-state index in [-0.39, 0.29) is 11.2 Å². The summed E-state index contributed by atoms with van der Waals surface area (Å²) in [6.07, 6.45) is 2.39.